The van der Waals surface area contributed by atoms with E-state index >= 15 is 0 Å². The van der Waals surface area contributed by atoms with Crippen LogP contribution < -0.4 is 11.1 Å². The van der Waals surface area contributed by atoms with E-state index in [0.29, 0.717) is 12.8 Å². The van der Waals surface area contributed by atoms with E-state index in [1.807, 2.05) is 20.8 Å². The number of hydrogen-bond donors (Lipinski definition) is 3. The minimum Gasteiger partial charge on any atom is -0.448 e. The summed E-state index contributed by atoms with van der Waals surface area (Å²) in [5.41, 5.74) is 3.32. The average molecular weight is 522 g/mol. The highest BCUT2D eigenvalue weighted by Crippen LogP contribution is 2.67. The maximum absolute atomic E-state index is 13.4. The zero-order chi connectivity index (χ0) is 27.8. The third-order valence-corrected chi connectivity index (χ3v) is 9.89. The molecule has 2 bridgehead atoms. The lowest BCUT2D eigenvalue weighted by Gasteiger charge is -2.61. The molecule has 3 rings (SSSR count). The van der Waals surface area contributed by atoms with Crippen molar-refractivity contribution in [3.63, 3.8) is 0 Å². The van der Waals surface area contributed by atoms with Crippen LogP contribution in [0.2, 0.25) is 0 Å². The highest BCUT2D eigenvalue weighted by Gasteiger charge is 2.68. The van der Waals surface area contributed by atoms with Crippen LogP contribution in [0.25, 0.3) is 0 Å². The van der Waals surface area contributed by atoms with E-state index in [1.165, 1.54) is 0 Å². The molecule has 0 saturated heterocycles. The lowest BCUT2D eigenvalue weighted by Crippen LogP contribution is -2.63. The Hall–Kier alpha value is -2.46. The van der Waals surface area contributed by atoms with Crippen LogP contribution in [0.5, 0.6) is 0 Å². The average Bonchev–Trinajstić information content (AvgIpc) is 3.17. The van der Waals surface area contributed by atoms with Crippen molar-refractivity contribution in [3.8, 4) is 0 Å². The number of aliphatic hydroxyl groups is 1. The van der Waals surface area contributed by atoms with Crippen molar-refractivity contribution in [2.24, 2.45) is 39.7 Å². The van der Waals surface area contributed by atoms with E-state index in [-0.39, 0.29) is 55.1 Å². The van der Waals surface area contributed by atoms with Gasteiger partial charge in [-0.2, -0.15) is 0 Å². The molecule has 208 valence electrons. The summed E-state index contributed by atoms with van der Waals surface area (Å²) < 4.78 is 11.0. The van der Waals surface area contributed by atoms with Crippen LogP contribution in [0.3, 0.4) is 0 Å². The number of aliphatic hydroxyl groups excluding tert-OH is 1. The first-order chi connectivity index (χ1) is 17.2. The monoisotopic (exact) mass is 521 g/mol. The van der Waals surface area contributed by atoms with Crippen molar-refractivity contribution < 1.29 is 33.8 Å². The standard InChI is InChI=1S/C27H43N3O7/c1-7-25(4)14-19(37-24(35)29-23(34)36-13-12-30(6)15-20(28)32)26(5)16(2)8-10-27(17(3)22(25)33)11-9-18(31)21(26)27/h7,16-17,19,21-22,33H,1,8-15H2,2-6H3,(H2,28,32)(H,29,34,35)/t16?,17-,19+,21-,22-,25+,26+,27-/m0/s1. The molecule has 1 unspecified atom stereocenters. The highest BCUT2D eigenvalue weighted by atomic mass is 16.6. The molecule has 0 spiro atoms. The van der Waals surface area contributed by atoms with E-state index in [4.69, 9.17) is 15.2 Å². The molecule has 4 N–H and O–H groups in total. The van der Waals surface area contributed by atoms with Crippen molar-refractivity contribution >= 4 is 23.9 Å². The number of nitrogens with two attached hydrogens (primary N) is 1. The fraction of sp³-hybridized carbons (Fsp3) is 0.778. The van der Waals surface area contributed by atoms with Crippen molar-refractivity contribution in [2.75, 3.05) is 26.7 Å². The number of rotatable bonds is 7. The molecule has 0 heterocycles. The van der Waals surface area contributed by atoms with E-state index in [0.717, 1.165) is 12.8 Å². The Balaban J connectivity index is 1.82. The molecule has 10 nitrogen and oxygen atoms in total. The number of hydrogen-bond acceptors (Lipinski definition) is 8. The summed E-state index contributed by atoms with van der Waals surface area (Å²) in [7, 11) is 1.65. The number of nitrogens with one attached hydrogen (secondary N) is 1. The number of nitrogens with zero attached hydrogens (tertiary/aromatic N) is 1. The van der Waals surface area contributed by atoms with Gasteiger partial charge in [-0.15, -0.1) is 6.58 Å². The summed E-state index contributed by atoms with van der Waals surface area (Å²) in [6, 6.07) is 0. The second-order valence-corrected chi connectivity index (χ2v) is 11.9. The number of ketones is 1. The van der Waals surface area contributed by atoms with Gasteiger partial charge in [0.1, 0.15) is 18.5 Å². The first kappa shape index (κ1) is 29.1. The van der Waals surface area contributed by atoms with E-state index in [9.17, 15) is 24.3 Å². The number of imide groups is 1. The molecular formula is C27H43N3O7. The molecule has 0 aromatic rings. The molecule has 3 amide bonds. The van der Waals surface area contributed by atoms with Gasteiger partial charge in [-0.3, -0.25) is 14.5 Å². The second kappa shape index (κ2) is 10.7. The Labute approximate surface area is 219 Å². The van der Waals surface area contributed by atoms with Crippen LogP contribution in [0.1, 0.15) is 59.8 Å². The molecule has 0 aliphatic heterocycles. The molecule has 0 radical (unpaired) electrons. The number of alkyl carbamates (subject to hydrolysis) is 2. The SMILES string of the molecule is C=C[C@]1(C)C[C@@H](OC(=O)NC(=O)OCCN(C)CC(N)=O)[C@@]2(C)C(C)CC[C@]3(CCC(=O)[C@H]32)[C@@H](C)[C@@H]1O. The number of primary amides is 1. The quantitative estimate of drug-likeness (QED) is 0.433. The lowest BCUT2D eigenvalue weighted by atomic mass is 9.44. The largest absolute Gasteiger partial charge is 0.448 e. The molecule has 0 aromatic heterocycles. The van der Waals surface area contributed by atoms with Gasteiger partial charge in [-0.05, 0) is 50.0 Å². The summed E-state index contributed by atoms with van der Waals surface area (Å²) in [6.45, 7) is 12.3. The van der Waals surface area contributed by atoms with E-state index in [2.05, 4.69) is 18.8 Å². The Bertz CT molecular complexity index is 941. The lowest BCUT2D eigenvalue weighted by molar-refractivity contribution is -0.191. The molecule has 3 aliphatic rings. The number of carbonyl (C=O) groups is 4. The minimum atomic E-state index is -0.975. The summed E-state index contributed by atoms with van der Waals surface area (Å²) in [6.07, 6.45) is 1.37. The highest BCUT2D eigenvalue weighted by molar-refractivity contribution is 5.88. The smallest absolute Gasteiger partial charge is 0.416 e. The van der Waals surface area contributed by atoms with Crippen LogP contribution >= 0.6 is 0 Å². The summed E-state index contributed by atoms with van der Waals surface area (Å²) in [4.78, 5) is 51.1. The van der Waals surface area contributed by atoms with Gasteiger partial charge in [0.25, 0.3) is 0 Å². The molecule has 8 atom stereocenters. The van der Waals surface area contributed by atoms with E-state index in [1.54, 1.807) is 18.0 Å². The summed E-state index contributed by atoms with van der Waals surface area (Å²) in [5, 5.41) is 13.7. The van der Waals surface area contributed by atoms with Crippen molar-refractivity contribution in [1.82, 2.24) is 10.2 Å². The number of ether oxygens (including phenoxy) is 2. The van der Waals surface area contributed by atoms with Gasteiger partial charge in [0, 0.05) is 29.7 Å². The summed E-state index contributed by atoms with van der Waals surface area (Å²) in [5.74, 6) is -0.751. The molecular weight excluding hydrogens is 478 g/mol. The van der Waals surface area contributed by atoms with Gasteiger partial charge in [-0.25, -0.2) is 14.9 Å². The number of amides is 3. The van der Waals surface area contributed by atoms with Crippen LogP contribution in [0.4, 0.5) is 9.59 Å². The van der Waals surface area contributed by atoms with Gasteiger partial charge in [0.15, 0.2) is 0 Å². The Morgan fingerprint density at radius 3 is 2.54 bits per heavy atom. The van der Waals surface area contributed by atoms with Crippen LogP contribution in [0.15, 0.2) is 12.7 Å². The third kappa shape index (κ3) is 5.27. The van der Waals surface area contributed by atoms with Gasteiger partial charge in [0.05, 0.1) is 12.6 Å². The Morgan fingerprint density at radius 2 is 1.92 bits per heavy atom. The topological polar surface area (TPSA) is 148 Å². The summed E-state index contributed by atoms with van der Waals surface area (Å²) >= 11 is 0. The maximum atomic E-state index is 13.4. The molecule has 0 aromatic carbocycles. The Kier molecular flexibility index (Phi) is 8.44. The van der Waals surface area contributed by atoms with Crippen molar-refractivity contribution in [3.05, 3.63) is 12.7 Å². The van der Waals surface area contributed by atoms with Gasteiger partial charge >= 0.3 is 12.2 Å². The zero-order valence-electron chi connectivity index (χ0n) is 22.7. The molecule has 3 saturated carbocycles. The molecule has 3 aliphatic carbocycles. The molecule has 3 fully saturated rings. The van der Waals surface area contributed by atoms with Crippen LogP contribution in [-0.4, -0.2) is 72.8 Å². The Morgan fingerprint density at radius 1 is 1.24 bits per heavy atom. The van der Waals surface area contributed by atoms with Gasteiger partial charge < -0.3 is 20.3 Å². The fourth-order valence-corrected chi connectivity index (χ4v) is 7.42. The molecule has 10 heteroatoms. The number of carbonyl (C=O) groups excluding carboxylic acids is 4. The maximum Gasteiger partial charge on any atom is 0.416 e. The fourth-order valence-electron chi connectivity index (χ4n) is 7.42. The predicted molar refractivity (Wildman–Crippen MR) is 136 cm³/mol. The van der Waals surface area contributed by atoms with Gasteiger partial charge in [0.2, 0.25) is 5.91 Å². The van der Waals surface area contributed by atoms with Gasteiger partial charge in [-0.1, -0.05) is 33.8 Å². The first-order valence-corrected chi connectivity index (χ1v) is 13.2. The van der Waals surface area contributed by atoms with E-state index < -0.39 is 41.1 Å². The number of Topliss-reactive ketones (excluding diaryl/α,β-unsaturated/α-hetero) is 1. The zero-order valence-corrected chi connectivity index (χ0v) is 22.7. The normalized spacial score (nSPS) is 39.2. The van der Waals surface area contributed by atoms with Crippen molar-refractivity contribution in [1.29, 1.82) is 0 Å². The van der Waals surface area contributed by atoms with Crippen LogP contribution in [0, 0.1) is 34.0 Å². The third-order valence-electron chi connectivity index (χ3n) is 9.89. The second-order valence-electron chi connectivity index (χ2n) is 11.9. The minimum absolute atomic E-state index is 0.0133. The molecule has 37 heavy (non-hydrogen) atoms. The van der Waals surface area contributed by atoms with Crippen molar-refractivity contribution in [2.45, 2.75) is 72.0 Å². The predicted octanol–water partition coefficient (Wildman–Crippen LogP) is 2.63. The van der Waals surface area contributed by atoms with Crippen LogP contribution in [-0.2, 0) is 19.1 Å². The first-order valence-electron chi connectivity index (χ1n) is 13.2. The number of likely N-dealkylation sites (N-methyl/N-ethyl adjacent to an activating group) is 1.